The first-order chi connectivity index (χ1) is 21.4. The first-order valence-electron chi connectivity index (χ1n) is 17.4. The van der Waals surface area contributed by atoms with E-state index in [1.54, 1.807) is 23.1 Å². The van der Waals surface area contributed by atoms with Crippen LogP contribution in [0.4, 0.5) is 4.79 Å². The van der Waals surface area contributed by atoms with Crippen molar-refractivity contribution in [1.82, 2.24) is 9.80 Å². The Kier molecular flexibility index (Phi) is 9.76. The number of nitrogens with zero attached hydrogens (tertiary/aromatic N) is 2. The zero-order valence-electron chi connectivity index (χ0n) is 27.2. The molecule has 6 rings (SSSR count). The van der Waals surface area contributed by atoms with Gasteiger partial charge in [-0.2, -0.15) is 0 Å². The van der Waals surface area contributed by atoms with Gasteiger partial charge in [-0.15, -0.1) is 0 Å². The number of amides is 2. The van der Waals surface area contributed by atoms with Gasteiger partial charge in [0, 0.05) is 42.6 Å². The molecule has 7 nitrogen and oxygen atoms in total. The molecule has 2 amide bonds. The van der Waals surface area contributed by atoms with Gasteiger partial charge in [-0.1, -0.05) is 44.0 Å². The Bertz CT molecular complexity index is 1240. The van der Waals surface area contributed by atoms with E-state index in [2.05, 4.69) is 20.8 Å². The number of hydrogen-bond acceptors (Lipinski definition) is 5. The summed E-state index contributed by atoms with van der Waals surface area (Å²) in [6.07, 6.45) is 9.02. The van der Waals surface area contributed by atoms with Crippen LogP contribution in [0, 0.1) is 46.3 Å². The van der Waals surface area contributed by atoms with Crippen molar-refractivity contribution in [3.8, 4) is 0 Å². The molecule has 1 heterocycles. The summed E-state index contributed by atoms with van der Waals surface area (Å²) in [5, 5.41) is 22.9. The van der Waals surface area contributed by atoms with Crippen LogP contribution in [0.25, 0.3) is 0 Å². The minimum absolute atomic E-state index is 0.0986. The number of carbonyl (C=O) groups is 2. The molecule has 4 aliphatic carbocycles. The second kappa shape index (κ2) is 13.2. The van der Waals surface area contributed by atoms with Gasteiger partial charge in [0.2, 0.25) is 5.91 Å². The van der Waals surface area contributed by atoms with Crippen LogP contribution >= 0.6 is 23.2 Å². The molecule has 1 aliphatic heterocycles. The Morgan fingerprint density at radius 3 is 2.27 bits per heavy atom. The number of ether oxygens (including phenoxy) is 1. The molecule has 250 valence electrons. The number of aliphatic hydroxyl groups is 2. The van der Waals surface area contributed by atoms with Crippen LogP contribution in [-0.2, 0) is 16.1 Å². The number of benzene rings is 1. The van der Waals surface area contributed by atoms with E-state index in [0.717, 1.165) is 37.7 Å². The molecule has 5 fully saturated rings. The second-order valence-electron chi connectivity index (χ2n) is 15.7. The van der Waals surface area contributed by atoms with Gasteiger partial charge in [0.1, 0.15) is 6.61 Å². The maximum atomic E-state index is 13.3. The predicted octanol–water partition coefficient (Wildman–Crippen LogP) is 7.18. The van der Waals surface area contributed by atoms with Crippen LogP contribution in [0.5, 0.6) is 0 Å². The fourth-order valence-corrected chi connectivity index (χ4v) is 11.5. The van der Waals surface area contributed by atoms with Gasteiger partial charge in [0.15, 0.2) is 0 Å². The van der Waals surface area contributed by atoms with Gasteiger partial charge in [-0.05, 0) is 128 Å². The van der Waals surface area contributed by atoms with Gasteiger partial charge in [0.05, 0.1) is 12.2 Å². The molecule has 1 aromatic rings. The highest BCUT2D eigenvalue weighted by molar-refractivity contribution is 6.34. The van der Waals surface area contributed by atoms with Crippen LogP contribution < -0.4 is 0 Å². The molecule has 9 heteroatoms. The SMILES string of the molecule is C[C@H](CCC(=O)N1CCN(C(=O)OCc2cc(Cl)cc(Cl)c2)CC1)[C@H]1CC[C@H]2[C@@H]3[C@@H](O)C[C@@H]4C[C@H](O)CC[C@]4(C)[C@H]3CC[C@]12C. The largest absolute Gasteiger partial charge is 0.445 e. The lowest BCUT2D eigenvalue weighted by atomic mass is 9.43. The molecule has 5 aliphatic rings. The fourth-order valence-electron chi connectivity index (χ4n) is 11.0. The molecule has 0 unspecified atom stereocenters. The first kappa shape index (κ1) is 33.4. The van der Waals surface area contributed by atoms with E-state index in [1.807, 2.05) is 4.90 Å². The summed E-state index contributed by atoms with van der Waals surface area (Å²) in [7, 11) is 0. The average Bonchev–Trinajstić information content (AvgIpc) is 3.36. The van der Waals surface area contributed by atoms with E-state index >= 15 is 0 Å². The number of fused-ring (bicyclic) bond motifs is 5. The quantitative estimate of drug-likeness (QED) is 0.337. The lowest BCUT2D eigenvalue weighted by Crippen LogP contribution is -2.58. The van der Waals surface area contributed by atoms with E-state index in [0.29, 0.717) is 78.2 Å². The third-order valence-corrected chi connectivity index (χ3v) is 13.8. The molecule has 1 aromatic carbocycles. The maximum Gasteiger partial charge on any atom is 0.410 e. The van der Waals surface area contributed by atoms with E-state index in [-0.39, 0.29) is 41.6 Å². The summed E-state index contributed by atoms with van der Waals surface area (Å²) in [6, 6.07) is 5.10. The van der Waals surface area contributed by atoms with Crippen molar-refractivity contribution < 1.29 is 24.5 Å². The Morgan fingerprint density at radius 1 is 0.911 bits per heavy atom. The molecule has 0 radical (unpaired) electrons. The van der Waals surface area contributed by atoms with E-state index in [1.165, 1.54) is 25.7 Å². The third kappa shape index (κ3) is 6.49. The summed E-state index contributed by atoms with van der Waals surface area (Å²) < 4.78 is 5.48. The van der Waals surface area contributed by atoms with Crippen LogP contribution in [-0.4, -0.2) is 70.4 Å². The smallest absolute Gasteiger partial charge is 0.410 e. The van der Waals surface area contributed by atoms with Crippen molar-refractivity contribution in [2.24, 2.45) is 46.3 Å². The van der Waals surface area contributed by atoms with Crippen LogP contribution in [0.3, 0.4) is 0 Å². The number of piperazine rings is 1. The normalized spacial score (nSPS) is 38.6. The lowest BCUT2D eigenvalue weighted by Gasteiger charge is -2.62. The summed E-state index contributed by atoms with van der Waals surface area (Å²) in [4.78, 5) is 29.5. The molecule has 0 bridgehead atoms. The fraction of sp³-hybridized carbons (Fsp3) is 0.778. The zero-order chi connectivity index (χ0) is 32.1. The highest BCUT2D eigenvalue weighted by Gasteiger charge is 2.62. The van der Waals surface area contributed by atoms with Gasteiger partial charge < -0.3 is 24.7 Å². The molecule has 1 saturated heterocycles. The maximum absolute atomic E-state index is 13.3. The topological polar surface area (TPSA) is 90.3 Å². The Hall–Kier alpha value is -1.54. The minimum Gasteiger partial charge on any atom is -0.445 e. The first-order valence-corrected chi connectivity index (χ1v) is 18.1. The van der Waals surface area contributed by atoms with Gasteiger partial charge in [0.25, 0.3) is 0 Å². The summed E-state index contributed by atoms with van der Waals surface area (Å²) in [5.41, 5.74) is 1.19. The van der Waals surface area contributed by atoms with Crippen molar-refractivity contribution in [2.75, 3.05) is 26.2 Å². The molecule has 4 saturated carbocycles. The molecule has 2 N–H and O–H groups in total. The average molecular weight is 664 g/mol. The van der Waals surface area contributed by atoms with Gasteiger partial charge in [-0.25, -0.2) is 4.79 Å². The van der Waals surface area contributed by atoms with Crippen molar-refractivity contribution in [1.29, 1.82) is 0 Å². The lowest BCUT2D eigenvalue weighted by molar-refractivity contribution is -0.174. The van der Waals surface area contributed by atoms with E-state index in [9.17, 15) is 19.8 Å². The monoisotopic (exact) mass is 662 g/mol. The van der Waals surface area contributed by atoms with Crippen LogP contribution in [0.15, 0.2) is 18.2 Å². The standard InChI is InChI=1S/C36H52Cl2N2O5/c1-22(4-7-32(43)39-12-14-40(15-13-39)34(44)45-21-23-16-25(37)20-26(38)17-23)28-5-6-29-33-30(9-11-36(28,29)3)35(2)10-8-27(41)18-24(35)19-31(33)42/h16-17,20,22,24,27-31,33,41-42H,4-15,18-19,21H2,1-3H3/t22-,24+,27-,28-,29+,30+,31+,33+,35+,36-/m1/s1. The summed E-state index contributed by atoms with van der Waals surface area (Å²) >= 11 is 12.1. The highest BCUT2D eigenvalue weighted by Crippen LogP contribution is 2.68. The van der Waals surface area contributed by atoms with Crippen molar-refractivity contribution >= 4 is 35.2 Å². The molecular formula is C36H52Cl2N2O5. The van der Waals surface area contributed by atoms with E-state index < -0.39 is 0 Å². The van der Waals surface area contributed by atoms with Gasteiger partial charge in [-0.3, -0.25) is 4.79 Å². The van der Waals surface area contributed by atoms with Crippen LogP contribution in [0.1, 0.15) is 90.5 Å². The summed E-state index contributed by atoms with van der Waals surface area (Å²) in [5.74, 6) is 3.10. The van der Waals surface area contributed by atoms with E-state index in [4.69, 9.17) is 27.9 Å². The minimum atomic E-state index is -0.390. The number of hydrogen-bond donors (Lipinski definition) is 2. The van der Waals surface area contributed by atoms with Crippen LogP contribution in [0.2, 0.25) is 10.0 Å². The molecule has 0 aromatic heterocycles. The molecule has 10 atom stereocenters. The third-order valence-electron chi connectivity index (χ3n) is 13.4. The Balaban J connectivity index is 0.982. The Labute approximate surface area is 279 Å². The van der Waals surface area contributed by atoms with Gasteiger partial charge >= 0.3 is 6.09 Å². The number of aliphatic hydroxyl groups excluding tert-OH is 2. The Morgan fingerprint density at radius 2 is 1.56 bits per heavy atom. The van der Waals surface area contributed by atoms with Crippen molar-refractivity contribution in [3.63, 3.8) is 0 Å². The molecular weight excluding hydrogens is 611 g/mol. The summed E-state index contributed by atoms with van der Waals surface area (Å²) in [6.45, 7) is 9.37. The predicted molar refractivity (Wildman–Crippen MR) is 176 cm³/mol. The number of rotatable bonds is 6. The second-order valence-corrected chi connectivity index (χ2v) is 16.5. The number of halogens is 2. The van der Waals surface area contributed by atoms with Crippen molar-refractivity contribution in [3.05, 3.63) is 33.8 Å². The van der Waals surface area contributed by atoms with Crippen molar-refractivity contribution in [2.45, 2.75) is 104 Å². The number of carbonyl (C=O) groups excluding carboxylic acids is 2. The molecule has 0 spiro atoms. The zero-order valence-corrected chi connectivity index (χ0v) is 28.7. The molecule has 45 heavy (non-hydrogen) atoms. The highest BCUT2D eigenvalue weighted by atomic mass is 35.5.